The van der Waals surface area contributed by atoms with E-state index in [1.807, 2.05) is 0 Å². The second-order valence-electron chi connectivity index (χ2n) is 6.96. The van der Waals surface area contributed by atoms with Crippen molar-refractivity contribution in [2.24, 2.45) is 5.92 Å². The molecule has 3 atom stereocenters. The first-order chi connectivity index (χ1) is 9.60. The summed E-state index contributed by atoms with van der Waals surface area (Å²) in [5.74, 6) is 0.762. The maximum atomic E-state index is 3.90. The fourth-order valence-electron chi connectivity index (χ4n) is 4.00. The fraction of sp³-hybridized carbons (Fsp3) is 1.00. The summed E-state index contributed by atoms with van der Waals surface area (Å²) in [7, 11) is 0. The predicted octanol–water partition coefficient (Wildman–Crippen LogP) is 4.45. The normalized spacial score (nSPS) is 23.2. The molecule has 1 saturated heterocycles. The van der Waals surface area contributed by atoms with Gasteiger partial charge in [0, 0.05) is 11.6 Å². The van der Waals surface area contributed by atoms with Crippen LogP contribution < -0.4 is 5.32 Å². The molecule has 1 N–H and O–H groups in total. The molecule has 2 heteroatoms. The summed E-state index contributed by atoms with van der Waals surface area (Å²) in [5, 5.41) is 3.90. The Labute approximate surface area is 127 Å². The highest BCUT2D eigenvalue weighted by Gasteiger charge is 2.40. The summed E-state index contributed by atoms with van der Waals surface area (Å²) in [6.07, 6.45) is 9.32. The van der Waals surface area contributed by atoms with E-state index < -0.39 is 0 Å². The monoisotopic (exact) mass is 282 g/mol. The van der Waals surface area contributed by atoms with Gasteiger partial charge in [-0.1, -0.05) is 40.5 Å². The first-order valence-electron chi connectivity index (χ1n) is 9.08. The van der Waals surface area contributed by atoms with E-state index in [0.29, 0.717) is 11.6 Å². The Balaban J connectivity index is 2.85. The first kappa shape index (κ1) is 18.0. The zero-order valence-electron chi connectivity index (χ0n) is 14.7. The number of hydrogen-bond donors (Lipinski definition) is 1. The Kier molecular flexibility index (Phi) is 8.13. The van der Waals surface area contributed by atoms with Gasteiger partial charge in [0.2, 0.25) is 0 Å². The SMILES string of the molecule is CCCNC(C(C)CCC)C(C)(CC)N1CCCCC1. The molecule has 0 aromatic rings. The Morgan fingerprint density at radius 3 is 2.20 bits per heavy atom. The van der Waals surface area contributed by atoms with E-state index in [9.17, 15) is 0 Å². The van der Waals surface area contributed by atoms with E-state index in [4.69, 9.17) is 0 Å². The van der Waals surface area contributed by atoms with Crippen LogP contribution in [0.3, 0.4) is 0 Å². The molecule has 2 nitrogen and oxygen atoms in total. The largest absolute Gasteiger partial charge is 0.312 e. The molecule has 0 spiro atoms. The van der Waals surface area contributed by atoms with Gasteiger partial charge in [-0.3, -0.25) is 4.90 Å². The van der Waals surface area contributed by atoms with Crippen LogP contribution in [0.5, 0.6) is 0 Å². The average molecular weight is 283 g/mol. The molecular formula is C18H38N2. The third-order valence-electron chi connectivity index (χ3n) is 5.39. The molecule has 120 valence electrons. The van der Waals surface area contributed by atoms with Crippen LogP contribution in [0.15, 0.2) is 0 Å². The lowest BCUT2D eigenvalue weighted by molar-refractivity contribution is 0.0241. The van der Waals surface area contributed by atoms with Gasteiger partial charge in [-0.05, 0) is 64.6 Å². The lowest BCUT2D eigenvalue weighted by atomic mass is 9.77. The van der Waals surface area contributed by atoms with Gasteiger partial charge < -0.3 is 5.32 Å². The van der Waals surface area contributed by atoms with Crippen molar-refractivity contribution in [3.63, 3.8) is 0 Å². The Hall–Kier alpha value is -0.0800. The Morgan fingerprint density at radius 1 is 1.05 bits per heavy atom. The summed E-state index contributed by atoms with van der Waals surface area (Å²) in [6, 6.07) is 0.630. The van der Waals surface area contributed by atoms with Gasteiger partial charge in [0.15, 0.2) is 0 Å². The molecule has 1 aliphatic rings. The highest BCUT2D eigenvalue weighted by atomic mass is 15.2. The van der Waals surface area contributed by atoms with Crippen LogP contribution in [0.2, 0.25) is 0 Å². The molecule has 1 rings (SSSR count). The maximum absolute atomic E-state index is 3.90. The smallest absolute Gasteiger partial charge is 0.0334 e. The van der Waals surface area contributed by atoms with Crippen LogP contribution in [0.4, 0.5) is 0 Å². The van der Waals surface area contributed by atoms with E-state index in [-0.39, 0.29) is 0 Å². The molecule has 0 amide bonds. The number of likely N-dealkylation sites (tertiary alicyclic amines) is 1. The molecule has 0 aliphatic carbocycles. The number of nitrogens with zero attached hydrogens (tertiary/aromatic N) is 1. The number of nitrogens with one attached hydrogen (secondary N) is 1. The van der Waals surface area contributed by atoms with Crippen LogP contribution >= 0.6 is 0 Å². The number of hydrogen-bond acceptors (Lipinski definition) is 2. The van der Waals surface area contributed by atoms with Gasteiger partial charge in [0.05, 0.1) is 0 Å². The average Bonchev–Trinajstić information content (AvgIpc) is 2.48. The summed E-state index contributed by atoms with van der Waals surface area (Å²) in [6.45, 7) is 15.7. The van der Waals surface area contributed by atoms with Gasteiger partial charge in [0.25, 0.3) is 0 Å². The number of rotatable bonds is 9. The van der Waals surface area contributed by atoms with Crippen LogP contribution in [0.25, 0.3) is 0 Å². The fourth-order valence-corrected chi connectivity index (χ4v) is 4.00. The van der Waals surface area contributed by atoms with E-state index in [1.54, 1.807) is 0 Å². The topological polar surface area (TPSA) is 15.3 Å². The van der Waals surface area contributed by atoms with Crippen LogP contribution in [0, 0.1) is 5.92 Å². The quantitative estimate of drug-likeness (QED) is 0.672. The zero-order chi connectivity index (χ0) is 15.0. The molecule has 0 bridgehead atoms. The van der Waals surface area contributed by atoms with Crippen molar-refractivity contribution in [3.05, 3.63) is 0 Å². The molecule has 0 aromatic carbocycles. The zero-order valence-corrected chi connectivity index (χ0v) is 14.7. The molecule has 20 heavy (non-hydrogen) atoms. The Bertz CT molecular complexity index is 248. The van der Waals surface area contributed by atoms with Crippen molar-refractivity contribution in [2.75, 3.05) is 19.6 Å². The lowest BCUT2D eigenvalue weighted by Crippen LogP contribution is -2.62. The van der Waals surface area contributed by atoms with Crippen molar-refractivity contribution in [2.45, 2.75) is 91.1 Å². The highest BCUT2D eigenvalue weighted by Crippen LogP contribution is 2.32. The van der Waals surface area contributed by atoms with Gasteiger partial charge >= 0.3 is 0 Å². The molecule has 1 fully saturated rings. The van der Waals surface area contributed by atoms with Crippen LogP contribution in [-0.2, 0) is 0 Å². The minimum atomic E-state index is 0.324. The van der Waals surface area contributed by atoms with E-state index >= 15 is 0 Å². The molecule has 1 heterocycles. The molecule has 0 aromatic heterocycles. The number of piperidine rings is 1. The van der Waals surface area contributed by atoms with E-state index in [1.165, 1.54) is 58.0 Å². The second-order valence-corrected chi connectivity index (χ2v) is 6.96. The van der Waals surface area contributed by atoms with Gasteiger partial charge in [-0.15, -0.1) is 0 Å². The van der Waals surface area contributed by atoms with Crippen molar-refractivity contribution in [1.82, 2.24) is 10.2 Å². The Morgan fingerprint density at radius 2 is 1.70 bits per heavy atom. The molecule has 0 saturated carbocycles. The minimum absolute atomic E-state index is 0.324. The molecule has 1 aliphatic heterocycles. The predicted molar refractivity (Wildman–Crippen MR) is 90.3 cm³/mol. The summed E-state index contributed by atoms with van der Waals surface area (Å²) >= 11 is 0. The van der Waals surface area contributed by atoms with Crippen molar-refractivity contribution < 1.29 is 0 Å². The summed E-state index contributed by atoms with van der Waals surface area (Å²) < 4.78 is 0. The maximum Gasteiger partial charge on any atom is 0.0334 e. The second kappa shape index (κ2) is 9.04. The minimum Gasteiger partial charge on any atom is -0.312 e. The van der Waals surface area contributed by atoms with E-state index in [2.05, 4.69) is 44.8 Å². The summed E-state index contributed by atoms with van der Waals surface area (Å²) in [5.41, 5.74) is 0.324. The van der Waals surface area contributed by atoms with Gasteiger partial charge in [-0.2, -0.15) is 0 Å². The van der Waals surface area contributed by atoms with Crippen molar-refractivity contribution >= 4 is 0 Å². The van der Waals surface area contributed by atoms with Gasteiger partial charge in [-0.25, -0.2) is 0 Å². The van der Waals surface area contributed by atoms with Gasteiger partial charge in [0.1, 0.15) is 0 Å². The summed E-state index contributed by atoms with van der Waals surface area (Å²) in [4.78, 5) is 2.79. The third-order valence-corrected chi connectivity index (χ3v) is 5.39. The third kappa shape index (κ3) is 4.46. The standard InChI is InChI=1S/C18H38N2/c1-6-12-16(4)17(19-13-7-2)18(5,8-3)20-14-10-9-11-15-20/h16-17,19H,6-15H2,1-5H3. The molecule has 0 radical (unpaired) electrons. The van der Waals surface area contributed by atoms with E-state index in [0.717, 1.165) is 12.5 Å². The molecular weight excluding hydrogens is 244 g/mol. The van der Waals surface area contributed by atoms with Crippen molar-refractivity contribution in [3.8, 4) is 0 Å². The van der Waals surface area contributed by atoms with Crippen LogP contribution in [0.1, 0.15) is 79.6 Å². The molecule has 3 unspecified atom stereocenters. The van der Waals surface area contributed by atoms with Crippen molar-refractivity contribution in [1.29, 1.82) is 0 Å². The van der Waals surface area contributed by atoms with Crippen LogP contribution in [-0.4, -0.2) is 36.1 Å². The first-order valence-corrected chi connectivity index (χ1v) is 9.08. The lowest BCUT2D eigenvalue weighted by Gasteiger charge is -2.50. The highest BCUT2D eigenvalue weighted by molar-refractivity contribution is 4.99.